The number of nitrogens with one attached hydrogen (secondary N) is 1. The van der Waals surface area contributed by atoms with Crippen LogP contribution < -0.4 is 11.1 Å². The van der Waals surface area contributed by atoms with Crippen LogP contribution in [0.15, 0.2) is 22.8 Å². The molecule has 1 amide bonds. The summed E-state index contributed by atoms with van der Waals surface area (Å²) in [7, 11) is 0. The van der Waals surface area contributed by atoms with Crippen molar-refractivity contribution in [3.63, 3.8) is 0 Å². The number of hydrogen-bond acceptors (Lipinski definition) is 3. The fourth-order valence-electron chi connectivity index (χ4n) is 1.01. The second kappa shape index (κ2) is 4.74. The Morgan fingerprint density at radius 2 is 1.94 bits per heavy atom. The number of carbonyl (C=O) groups is 1. The smallest absolute Gasteiger partial charge is 0.233 e. The topological polar surface area (TPSA) is 68.0 Å². The van der Waals surface area contributed by atoms with Gasteiger partial charge in [0.15, 0.2) is 0 Å². The van der Waals surface area contributed by atoms with Crippen LogP contribution in [0, 0.1) is 5.41 Å². The molecule has 0 fully saturated rings. The van der Waals surface area contributed by atoms with Gasteiger partial charge in [0.05, 0.1) is 5.41 Å². The second-order valence-electron chi connectivity index (χ2n) is 5.16. The minimum absolute atomic E-state index is 0.139. The lowest BCUT2D eigenvalue weighted by Crippen LogP contribution is -2.53. The summed E-state index contributed by atoms with van der Waals surface area (Å²) in [6.45, 7) is 7.31. The predicted octanol–water partition coefficient (Wildman–Crippen LogP) is 2.55. The Morgan fingerprint density at radius 3 is 2.35 bits per heavy atom. The van der Waals surface area contributed by atoms with Crippen LogP contribution in [0.1, 0.15) is 27.7 Å². The molecular weight excluding hydrogens is 282 g/mol. The number of halogens is 1. The molecule has 0 atom stereocenters. The molecule has 0 aromatic carbocycles. The Kier molecular flexibility index (Phi) is 3.94. The van der Waals surface area contributed by atoms with Crippen molar-refractivity contribution in [2.75, 3.05) is 5.32 Å². The summed E-state index contributed by atoms with van der Waals surface area (Å²) < 4.78 is 0.869. The zero-order chi connectivity index (χ0) is 13.3. The Morgan fingerprint density at radius 1 is 1.35 bits per heavy atom. The van der Waals surface area contributed by atoms with Gasteiger partial charge in [-0.25, -0.2) is 4.98 Å². The summed E-state index contributed by atoms with van der Waals surface area (Å²) in [6, 6.07) is 3.56. The maximum Gasteiger partial charge on any atom is 0.233 e. The van der Waals surface area contributed by atoms with Gasteiger partial charge in [0.2, 0.25) is 5.91 Å². The van der Waals surface area contributed by atoms with E-state index in [2.05, 4.69) is 26.2 Å². The van der Waals surface area contributed by atoms with Crippen LogP contribution in [0.5, 0.6) is 0 Å². The predicted molar refractivity (Wildman–Crippen MR) is 72.6 cm³/mol. The van der Waals surface area contributed by atoms with Gasteiger partial charge in [-0.15, -0.1) is 0 Å². The van der Waals surface area contributed by atoms with E-state index >= 15 is 0 Å². The van der Waals surface area contributed by atoms with Crippen LogP contribution in [0.2, 0.25) is 0 Å². The van der Waals surface area contributed by atoms with Crippen molar-refractivity contribution < 1.29 is 4.79 Å². The molecule has 1 aromatic rings. The summed E-state index contributed by atoms with van der Waals surface area (Å²) >= 11 is 3.29. The number of aromatic nitrogens is 1. The molecule has 0 bridgehead atoms. The fourth-order valence-corrected chi connectivity index (χ4v) is 1.25. The molecule has 94 valence electrons. The van der Waals surface area contributed by atoms with Gasteiger partial charge in [0.25, 0.3) is 0 Å². The fraction of sp³-hybridized carbons (Fsp3) is 0.500. The summed E-state index contributed by atoms with van der Waals surface area (Å²) in [6.07, 6.45) is 1.64. The lowest BCUT2D eigenvalue weighted by atomic mass is 9.74. The van der Waals surface area contributed by atoms with E-state index in [-0.39, 0.29) is 5.91 Å². The first-order valence-electron chi connectivity index (χ1n) is 5.36. The third-order valence-corrected chi connectivity index (χ3v) is 3.62. The van der Waals surface area contributed by atoms with Crippen LogP contribution in [0.3, 0.4) is 0 Å². The maximum atomic E-state index is 12.1. The Bertz CT molecular complexity index is 407. The average molecular weight is 300 g/mol. The lowest BCUT2D eigenvalue weighted by Gasteiger charge is -2.36. The number of pyridine rings is 1. The van der Waals surface area contributed by atoms with E-state index in [1.54, 1.807) is 12.3 Å². The maximum absolute atomic E-state index is 12.1. The molecule has 1 rings (SSSR count). The monoisotopic (exact) mass is 299 g/mol. The highest BCUT2D eigenvalue weighted by molar-refractivity contribution is 9.10. The highest BCUT2D eigenvalue weighted by Crippen LogP contribution is 2.29. The van der Waals surface area contributed by atoms with Crippen molar-refractivity contribution in [2.45, 2.75) is 33.2 Å². The Labute approximate surface area is 110 Å². The quantitative estimate of drug-likeness (QED) is 0.901. The minimum atomic E-state index is -0.679. The molecule has 4 nitrogen and oxygen atoms in total. The number of rotatable bonds is 3. The highest BCUT2D eigenvalue weighted by Gasteiger charge is 2.40. The molecule has 0 unspecified atom stereocenters. The molecule has 3 N–H and O–H groups in total. The van der Waals surface area contributed by atoms with Gasteiger partial charge in [-0.05, 0) is 55.8 Å². The standard InChI is InChI=1S/C12H18BrN3O/c1-11(2,12(3,4)14)10(17)16-9-6-5-8(13)7-15-9/h5-7H,14H2,1-4H3,(H,15,16,17). The first kappa shape index (κ1) is 14.1. The van der Waals surface area contributed by atoms with Crippen LogP contribution in [0.25, 0.3) is 0 Å². The first-order chi connectivity index (χ1) is 7.64. The van der Waals surface area contributed by atoms with Crippen molar-refractivity contribution in [3.05, 3.63) is 22.8 Å². The number of nitrogens with two attached hydrogens (primary N) is 1. The number of amides is 1. The summed E-state index contributed by atoms with van der Waals surface area (Å²) in [5.41, 5.74) is 4.72. The van der Waals surface area contributed by atoms with Gasteiger partial charge in [-0.1, -0.05) is 0 Å². The Hall–Kier alpha value is -0.940. The van der Waals surface area contributed by atoms with Gasteiger partial charge in [0, 0.05) is 16.2 Å². The third-order valence-electron chi connectivity index (χ3n) is 3.15. The van der Waals surface area contributed by atoms with E-state index in [1.165, 1.54) is 0 Å². The van der Waals surface area contributed by atoms with Gasteiger partial charge >= 0.3 is 0 Å². The van der Waals surface area contributed by atoms with Gasteiger partial charge < -0.3 is 11.1 Å². The molecular formula is C12H18BrN3O. The molecule has 1 heterocycles. The van der Waals surface area contributed by atoms with E-state index in [4.69, 9.17) is 5.73 Å². The second-order valence-corrected chi connectivity index (χ2v) is 6.08. The van der Waals surface area contributed by atoms with E-state index in [0.29, 0.717) is 5.82 Å². The van der Waals surface area contributed by atoms with E-state index in [0.717, 1.165) is 4.47 Å². The summed E-state index contributed by atoms with van der Waals surface area (Å²) in [5, 5.41) is 2.77. The minimum Gasteiger partial charge on any atom is -0.325 e. The molecule has 0 aliphatic carbocycles. The van der Waals surface area contributed by atoms with E-state index in [9.17, 15) is 4.79 Å². The SMILES string of the molecule is CC(C)(N)C(C)(C)C(=O)Nc1ccc(Br)cn1. The van der Waals surface area contributed by atoms with Crippen molar-refractivity contribution in [2.24, 2.45) is 11.1 Å². The van der Waals surface area contributed by atoms with Crippen molar-refractivity contribution in [3.8, 4) is 0 Å². The first-order valence-corrected chi connectivity index (χ1v) is 6.16. The van der Waals surface area contributed by atoms with E-state index < -0.39 is 11.0 Å². The van der Waals surface area contributed by atoms with Crippen molar-refractivity contribution >= 4 is 27.7 Å². The molecule has 0 aliphatic rings. The molecule has 0 saturated carbocycles. The molecule has 17 heavy (non-hydrogen) atoms. The number of anilines is 1. The largest absolute Gasteiger partial charge is 0.325 e. The van der Waals surface area contributed by atoms with Crippen LogP contribution in [-0.4, -0.2) is 16.4 Å². The molecule has 0 saturated heterocycles. The average Bonchev–Trinajstić information content (AvgIpc) is 2.19. The molecule has 0 radical (unpaired) electrons. The van der Waals surface area contributed by atoms with Crippen molar-refractivity contribution in [1.82, 2.24) is 4.98 Å². The highest BCUT2D eigenvalue weighted by atomic mass is 79.9. The zero-order valence-electron chi connectivity index (χ0n) is 10.5. The summed E-state index contributed by atoms with van der Waals surface area (Å²) in [4.78, 5) is 16.2. The normalized spacial score (nSPS) is 12.4. The van der Waals surface area contributed by atoms with Gasteiger partial charge in [-0.2, -0.15) is 0 Å². The Balaban J connectivity index is 2.83. The van der Waals surface area contributed by atoms with E-state index in [1.807, 2.05) is 33.8 Å². The molecule has 5 heteroatoms. The van der Waals surface area contributed by atoms with Crippen LogP contribution in [0.4, 0.5) is 5.82 Å². The molecule has 0 spiro atoms. The molecule has 1 aromatic heterocycles. The number of hydrogen-bond donors (Lipinski definition) is 2. The van der Waals surface area contributed by atoms with Crippen molar-refractivity contribution in [1.29, 1.82) is 0 Å². The van der Waals surface area contributed by atoms with Crippen LogP contribution >= 0.6 is 15.9 Å². The van der Waals surface area contributed by atoms with Crippen LogP contribution in [-0.2, 0) is 4.79 Å². The van der Waals surface area contributed by atoms with Gasteiger partial charge in [-0.3, -0.25) is 4.79 Å². The third kappa shape index (κ3) is 3.26. The lowest BCUT2D eigenvalue weighted by molar-refractivity contribution is -0.126. The number of carbonyl (C=O) groups excluding carboxylic acids is 1. The summed E-state index contributed by atoms with van der Waals surface area (Å²) in [5.74, 6) is 0.385. The zero-order valence-corrected chi connectivity index (χ0v) is 12.1. The number of nitrogens with zero attached hydrogens (tertiary/aromatic N) is 1. The van der Waals surface area contributed by atoms with Gasteiger partial charge in [0.1, 0.15) is 5.82 Å². The molecule has 0 aliphatic heterocycles.